The van der Waals surface area contributed by atoms with E-state index in [1.54, 1.807) is 0 Å². The summed E-state index contributed by atoms with van der Waals surface area (Å²) in [5.74, 6) is -1.14. The third-order valence-electron chi connectivity index (χ3n) is 8.97. The van der Waals surface area contributed by atoms with Crippen LogP contribution in [-0.2, 0) is 33.3 Å². The maximum absolute atomic E-state index is 13.4. The summed E-state index contributed by atoms with van der Waals surface area (Å²) in [6.07, 6.45) is 4.10. The largest absolute Gasteiger partial charge is 0.459 e. The zero-order chi connectivity index (χ0) is 21.3. The van der Waals surface area contributed by atoms with Gasteiger partial charge in [0.1, 0.15) is 17.8 Å². The van der Waals surface area contributed by atoms with Crippen molar-refractivity contribution >= 4 is 17.9 Å². The maximum atomic E-state index is 13.4. The average Bonchev–Trinajstić information content (AvgIpc) is 3.50. The Morgan fingerprint density at radius 1 is 1.16 bits per heavy atom. The van der Waals surface area contributed by atoms with Crippen molar-refractivity contribution < 1.29 is 33.3 Å². The highest BCUT2D eigenvalue weighted by Gasteiger charge is 2.70. The van der Waals surface area contributed by atoms with Crippen molar-refractivity contribution in [3.63, 3.8) is 0 Å². The Labute approximate surface area is 181 Å². The van der Waals surface area contributed by atoms with Gasteiger partial charge in [0.2, 0.25) is 0 Å². The number of fused-ring (bicyclic) bond motifs is 3. The molecule has 2 saturated heterocycles. The fourth-order valence-corrected chi connectivity index (χ4v) is 7.58. The Morgan fingerprint density at radius 2 is 1.97 bits per heavy atom. The highest BCUT2D eigenvalue weighted by atomic mass is 16.6. The third-order valence-corrected chi connectivity index (χ3v) is 8.97. The van der Waals surface area contributed by atoms with Gasteiger partial charge in [-0.15, -0.1) is 0 Å². The number of carbonyl (C=O) groups excluding carboxylic acids is 3. The van der Waals surface area contributed by atoms with Crippen molar-refractivity contribution in [3.8, 4) is 0 Å². The molecule has 2 heterocycles. The molecule has 8 heteroatoms. The SMILES string of the molecule is CC1(OC(=O)C2C3CC4C(OC(=O)C42)C3OC(=O)CN2CCOCC2)CC2CCC1C2. The lowest BCUT2D eigenvalue weighted by molar-refractivity contribution is -0.178. The standard InChI is InChI=1S/C23H31NO7/c1-23(10-12-2-3-13(23)8-12)31-22(27)18-15-9-14-17(18)21(26)30-20(14)19(15)29-16(25)11-24-4-6-28-7-5-24/h12-15,17-20H,2-11H2,1H3. The molecule has 0 radical (unpaired) electrons. The second-order valence-corrected chi connectivity index (χ2v) is 10.7. The molecule has 4 saturated carbocycles. The van der Waals surface area contributed by atoms with Gasteiger partial charge in [0, 0.05) is 24.9 Å². The molecule has 0 N–H and O–H groups in total. The Balaban J connectivity index is 1.16. The summed E-state index contributed by atoms with van der Waals surface area (Å²) in [4.78, 5) is 40.6. The Kier molecular flexibility index (Phi) is 4.62. The fraction of sp³-hybridized carbons (Fsp3) is 0.870. The van der Waals surface area contributed by atoms with E-state index in [0.717, 1.165) is 19.3 Å². The van der Waals surface area contributed by atoms with Gasteiger partial charge in [-0.1, -0.05) is 0 Å². The van der Waals surface area contributed by atoms with Crippen molar-refractivity contribution in [2.75, 3.05) is 32.8 Å². The van der Waals surface area contributed by atoms with E-state index in [1.165, 1.54) is 6.42 Å². The molecule has 0 amide bonds. The highest BCUT2D eigenvalue weighted by molar-refractivity contribution is 5.86. The van der Waals surface area contributed by atoms with Crippen LogP contribution in [0, 0.1) is 35.5 Å². The van der Waals surface area contributed by atoms with E-state index >= 15 is 0 Å². The van der Waals surface area contributed by atoms with Gasteiger partial charge in [-0.25, -0.2) is 0 Å². The summed E-state index contributed by atoms with van der Waals surface area (Å²) in [5, 5.41) is 0. The second kappa shape index (κ2) is 7.17. The molecule has 0 aromatic carbocycles. The van der Waals surface area contributed by atoms with Crippen LogP contribution in [0.3, 0.4) is 0 Å². The zero-order valence-electron chi connectivity index (χ0n) is 18.0. The lowest BCUT2D eigenvalue weighted by Gasteiger charge is -2.37. The van der Waals surface area contributed by atoms with Crippen molar-refractivity contribution in [3.05, 3.63) is 0 Å². The molecule has 4 aliphatic carbocycles. The normalized spacial score (nSPS) is 47.6. The summed E-state index contributed by atoms with van der Waals surface area (Å²) in [6, 6.07) is 0. The van der Waals surface area contributed by atoms with E-state index < -0.39 is 29.6 Å². The molecule has 2 aliphatic heterocycles. The molecule has 9 atom stereocenters. The van der Waals surface area contributed by atoms with Crippen LogP contribution in [0.15, 0.2) is 0 Å². The summed E-state index contributed by atoms with van der Waals surface area (Å²) < 4.78 is 22.9. The molecule has 8 nitrogen and oxygen atoms in total. The quantitative estimate of drug-likeness (QED) is 0.471. The van der Waals surface area contributed by atoms with Crippen LogP contribution in [0.2, 0.25) is 0 Å². The molecule has 0 aromatic rings. The number of hydrogen-bond acceptors (Lipinski definition) is 8. The number of rotatable bonds is 5. The van der Waals surface area contributed by atoms with E-state index in [1.807, 2.05) is 4.90 Å². The van der Waals surface area contributed by atoms with Crippen molar-refractivity contribution in [2.45, 2.75) is 56.8 Å². The smallest absolute Gasteiger partial charge is 0.320 e. The minimum Gasteiger partial charge on any atom is -0.459 e. The lowest BCUT2D eigenvalue weighted by Crippen LogP contribution is -2.48. The first-order chi connectivity index (χ1) is 14.9. The number of hydrogen-bond donors (Lipinski definition) is 0. The zero-order valence-corrected chi connectivity index (χ0v) is 18.0. The number of carbonyl (C=O) groups is 3. The van der Waals surface area contributed by atoms with E-state index in [2.05, 4.69) is 6.92 Å². The molecule has 0 aromatic heterocycles. The summed E-state index contributed by atoms with van der Waals surface area (Å²) in [7, 11) is 0. The van der Waals surface area contributed by atoms with Crippen LogP contribution in [0.4, 0.5) is 0 Å². The fourth-order valence-electron chi connectivity index (χ4n) is 7.58. The third kappa shape index (κ3) is 3.12. The van der Waals surface area contributed by atoms with Crippen LogP contribution in [0.1, 0.15) is 39.0 Å². The molecule has 9 unspecified atom stereocenters. The van der Waals surface area contributed by atoms with E-state index in [4.69, 9.17) is 18.9 Å². The van der Waals surface area contributed by atoms with Crippen molar-refractivity contribution in [1.82, 2.24) is 4.90 Å². The van der Waals surface area contributed by atoms with Gasteiger partial charge < -0.3 is 18.9 Å². The van der Waals surface area contributed by atoms with E-state index in [0.29, 0.717) is 44.6 Å². The van der Waals surface area contributed by atoms with E-state index in [-0.39, 0.29) is 36.3 Å². The van der Waals surface area contributed by atoms with Gasteiger partial charge >= 0.3 is 17.9 Å². The first-order valence-electron chi connectivity index (χ1n) is 11.9. The Bertz CT molecular complexity index is 795. The number of ether oxygens (including phenoxy) is 4. The van der Waals surface area contributed by atoms with Gasteiger partial charge in [0.25, 0.3) is 0 Å². The van der Waals surface area contributed by atoms with Crippen LogP contribution in [0.5, 0.6) is 0 Å². The number of esters is 3. The van der Waals surface area contributed by atoms with Crippen LogP contribution in [-0.4, -0.2) is 73.5 Å². The minimum atomic E-state index is -0.562. The molecular formula is C23H31NO7. The number of nitrogens with zero attached hydrogens (tertiary/aromatic N) is 1. The molecule has 6 rings (SSSR count). The molecular weight excluding hydrogens is 402 g/mol. The van der Waals surface area contributed by atoms with Gasteiger partial charge in [-0.05, 0) is 50.9 Å². The number of morpholine rings is 1. The van der Waals surface area contributed by atoms with Gasteiger partial charge in [-0.2, -0.15) is 0 Å². The summed E-state index contributed by atoms with van der Waals surface area (Å²) in [6.45, 7) is 4.86. The molecule has 4 bridgehead atoms. The summed E-state index contributed by atoms with van der Waals surface area (Å²) in [5.41, 5.74) is -0.424. The molecule has 31 heavy (non-hydrogen) atoms. The van der Waals surface area contributed by atoms with Crippen molar-refractivity contribution in [2.24, 2.45) is 35.5 Å². The lowest BCUT2D eigenvalue weighted by atomic mass is 9.78. The van der Waals surface area contributed by atoms with Crippen LogP contribution in [0.25, 0.3) is 0 Å². The minimum absolute atomic E-state index is 0.0518. The highest BCUT2D eigenvalue weighted by Crippen LogP contribution is 2.60. The van der Waals surface area contributed by atoms with Gasteiger partial charge in [0.05, 0.1) is 31.6 Å². The second-order valence-electron chi connectivity index (χ2n) is 10.7. The maximum Gasteiger partial charge on any atom is 0.320 e. The van der Waals surface area contributed by atoms with Gasteiger partial charge in [0.15, 0.2) is 0 Å². The predicted molar refractivity (Wildman–Crippen MR) is 106 cm³/mol. The molecule has 6 fully saturated rings. The summed E-state index contributed by atoms with van der Waals surface area (Å²) >= 11 is 0. The average molecular weight is 434 g/mol. The van der Waals surface area contributed by atoms with Crippen LogP contribution < -0.4 is 0 Å². The molecule has 6 aliphatic rings. The molecule has 170 valence electrons. The topological polar surface area (TPSA) is 91.4 Å². The Morgan fingerprint density at radius 3 is 2.68 bits per heavy atom. The van der Waals surface area contributed by atoms with E-state index in [9.17, 15) is 14.4 Å². The first-order valence-corrected chi connectivity index (χ1v) is 11.9. The molecule has 0 spiro atoms. The predicted octanol–water partition coefficient (Wildman–Crippen LogP) is 1.16. The first kappa shape index (κ1) is 20.0. The monoisotopic (exact) mass is 433 g/mol. The Hall–Kier alpha value is -1.67. The van der Waals surface area contributed by atoms with Crippen LogP contribution >= 0.6 is 0 Å². The van der Waals surface area contributed by atoms with Crippen molar-refractivity contribution in [1.29, 1.82) is 0 Å². The van der Waals surface area contributed by atoms with Gasteiger partial charge in [-0.3, -0.25) is 19.3 Å².